The Morgan fingerprint density at radius 1 is 1.04 bits per heavy atom. The summed E-state index contributed by atoms with van der Waals surface area (Å²) in [5.41, 5.74) is -3.94. The highest BCUT2D eigenvalue weighted by Gasteiger charge is 2.81. The van der Waals surface area contributed by atoms with Crippen molar-refractivity contribution in [3.63, 3.8) is 0 Å². The molecule has 1 aromatic rings. The number of allylic oxidation sites excluding steroid dienone is 2. The SMILES string of the molecule is C=C(C)[C@H]1C=C[C@@H](OC(=O)c2cccnc2)[C@]23CO[C@](C)(C(=O)[C@@]4(OC(C)=O)C[C@H](C)[C@H](OC(=O)CCC)[C@H]4[C@H]2OC(=O)CCC)[C@H]13. The predicted molar refractivity (Wildman–Crippen MR) is 168 cm³/mol. The molecule has 3 fully saturated rings. The monoisotopic (exact) mass is 651 g/mol. The van der Waals surface area contributed by atoms with E-state index in [0.717, 1.165) is 0 Å². The number of pyridine rings is 1. The number of hydrogen-bond donors (Lipinski definition) is 0. The molecule has 0 radical (unpaired) electrons. The molecule has 2 bridgehead atoms. The van der Waals surface area contributed by atoms with Crippen LogP contribution in [-0.4, -0.2) is 70.8 Å². The normalized spacial score (nSPS) is 36.8. The number of esters is 4. The zero-order valence-corrected chi connectivity index (χ0v) is 28.0. The van der Waals surface area contributed by atoms with Gasteiger partial charge in [0, 0.05) is 50.4 Å². The van der Waals surface area contributed by atoms with Crippen LogP contribution in [-0.2, 0) is 42.9 Å². The summed E-state index contributed by atoms with van der Waals surface area (Å²) < 4.78 is 31.5. The van der Waals surface area contributed by atoms with E-state index in [9.17, 15) is 19.2 Å². The minimum absolute atomic E-state index is 0.00896. The van der Waals surface area contributed by atoms with Crippen LogP contribution in [0.1, 0.15) is 84.0 Å². The molecule has 1 aromatic heterocycles. The lowest BCUT2D eigenvalue weighted by Gasteiger charge is -2.51. The molecule has 5 rings (SSSR count). The van der Waals surface area contributed by atoms with E-state index < -0.39 is 88.3 Å². The Bertz CT molecular complexity index is 1470. The van der Waals surface area contributed by atoms with Crippen LogP contribution in [0.25, 0.3) is 0 Å². The summed E-state index contributed by atoms with van der Waals surface area (Å²) in [7, 11) is 0. The quantitative estimate of drug-likeness (QED) is 0.197. The fourth-order valence-electron chi connectivity index (χ4n) is 8.68. The lowest BCUT2D eigenvalue weighted by molar-refractivity contribution is -0.210. The van der Waals surface area contributed by atoms with Crippen LogP contribution in [0, 0.1) is 29.1 Å². The number of carbonyl (C=O) groups excluding carboxylic acids is 5. The van der Waals surface area contributed by atoms with Gasteiger partial charge in [0.25, 0.3) is 0 Å². The molecule has 3 aliphatic carbocycles. The van der Waals surface area contributed by atoms with Gasteiger partial charge in [0.1, 0.15) is 23.9 Å². The van der Waals surface area contributed by atoms with Crippen molar-refractivity contribution in [1.82, 2.24) is 4.98 Å². The molecule has 0 amide bonds. The first-order chi connectivity index (χ1) is 22.3. The van der Waals surface area contributed by atoms with Crippen molar-refractivity contribution in [2.24, 2.45) is 29.1 Å². The lowest BCUT2D eigenvalue weighted by Crippen LogP contribution is -2.62. The molecule has 4 aliphatic rings. The number of hydrogen-bond acceptors (Lipinski definition) is 11. The fourth-order valence-corrected chi connectivity index (χ4v) is 8.68. The topological polar surface area (TPSA) is 144 Å². The number of carbonyl (C=O) groups is 5. The number of aromatic nitrogens is 1. The van der Waals surface area contributed by atoms with Gasteiger partial charge in [-0.15, -0.1) is 0 Å². The van der Waals surface area contributed by atoms with Crippen molar-refractivity contribution in [3.05, 3.63) is 54.4 Å². The molecule has 2 saturated carbocycles. The molecule has 11 heteroatoms. The fraction of sp³-hybridized carbons (Fsp3) is 0.611. The number of fused-ring (bicyclic) bond motifs is 1. The second-order valence-electron chi connectivity index (χ2n) is 13.7. The Morgan fingerprint density at radius 2 is 1.72 bits per heavy atom. The smallest absolute Gasteiger partial charge is 0.340 e. The third kappa shape index (κ3) is 5.60. The highest BCUT2D eigenvalue weighted by atomic mass is 16.6. The summed E-state index contributed by atoms with van der Waals surface area (Å²) in [6.07, 6.45) is 4.43. The van der Waals surface area contributed by atoms with Gasteiger partial charge in [-0.3, -0.25) is 24.2 Å². The highest BCUT2D eigenvalue weighted by Crippen LogP contribution is 2.67. The summed E-state index contributed by atoms with van der Waals surface area (Å²) in [5.74, 6) is -5.77. The number of ketones is 1. The van der Waals surface area contributed by atoms with E-state index in [4.69, 9.17) is 23.7 Å². The van der Waals surface area contributed by atoms with E-state index in [1.54, 1.807) is 25.1 Å². The summed E-state index contributed by atoms with van der Waals surface area (Å²) in [5, 5.41) is 0. The van der Waals surface area contributed by atoms with Crippen molar-refractivity contribution >= 4 is 29.7 Å². The van der Waals surface area contributed by atoms with E-state index in [1.165, 1.54) is 19.3 Å². The largest absolute Gasteiger partial charge is 0.461 e. The molecule has 254 valence electrons. The van der Waals surface area contributed by atoms with Crippen LogP contribution in [0.15, 0.2) is 48.8 Å². The van der Waals surface area contributed by atoms with Crippen LogP contribution < -0.4 is 0 Å². The molecule has 47 heavy (non-hydrogen) atoms. The zero-order valence-electron chi connectivity index (χ0n) is 28.0. The molecular formula is C36H45NO10. The first kappa shape index (κ1) is 34.5. The Labute approximate surface area is 275 Å². The van der Waals surface area contributed by atoms with Gasteiger partial charge >= 0.3 is 23.9 Å². The summed E-state index contributed by atoms with van der Waals surface area (Å²) >= 11 is 0. The molecule has 2 heterocycles. The number of nitrogens with zero attached hydrogens (tertiary/aromatic N) is 1. The van der Waals surface area contributed by atoms with Crippen LogP contribution in [0.5, 0.6) is 0 Å². The average molecular weight is 652 g/mol. The maximum Gasteiger partial charge on any atom is 0.340 e. The van der Waals surface area contributed by atoms with E-state index in [0.29, 0.717) is 18.4 Å². The maximum absolute atomic E-state index is 15.2. The molecule has 0 aromatic carbocycles. The van der Waals surface area contributed by atoms with Crippen LogP contribution in [0.4, 0.5) is 0 Å². The Morgan fingerprint density at radius 3 is 2.32 bits per heavy atom. The van der Waals surface area contributed by atoms with Gasteiger partial charge in [-0.05, 0) is 50.8 Å². The van der Waals surface area contributed by atoms with Gasteiger partial charge in [0.15, 0.2) is 5.60 Å². The summed E-state index contributed by atoms with van der Waals surface area (Å²) in [6, 6.07) is 3.19. The van der Waals surface area contributed by atoms with Crippen LogP contribution in [0.3, 0.4) is 0 Å². The van der Waals surface area contributed by atoms with E-state index >= 15 is 4.79 Å². The van der Waals surface area contributed by atoms with Crippen molar-refractivity contribution in [2.75, 3.05) is 6.61 Å². The van der Waals surface area contributed by atoms with E-state index in [1.807, 2.05) is 33.8 Å². The van der Waals surface area contributed by atoms with Gasteiger partial charge in [0.05, 0.1) is 23.5 Å². The molecule has 0 spiro atoms. The Hall–Kier alpha value is -3.86. The number of ether oxygens (including phenoxy) is 5. The third-order valence-electron chi connectivity index (χ3n) is 10.4. The zero-order chi connectivity index (χ0) is 34.3. The first-order valence-electron chi connectivity index (χ1n) is 16.5. The maximum atomic E-state index is 15.2. The second-order valence-corrected chi connectivity index (χ2v) is 13.7. The third-order valence-corrected chi connectivity index (χ3v) is 10.4. The lowest BCUT2D eigenvalue weighted by atomic mass is 9.55. The average Bonchev–Trinajstić information content (AvgIpc) is 3.47. The minimum atomic E-state index is -1.88. The molecule has 0 N–H and O–H groups in total. The van der Waals surface area contributed by atoms with Gasteiger partial charge in [-0.25, -0.2) is 4.79 Å². The Kier molecular flexibility index (Phi) is 9.52. The molecule has 0 unspecified atom stereocenters. The van der Waals surface area contributed by atoms with Gasteiger partial charge in [-0.2, -0.15) is 0 Å². The minimum Gasteiger partial charge on any atom is -0.461 e. The molecule has 11 nitrogen and oxygen atoms in total. The van der Waals surface area contributed by atoms with Gasteiger partial charge in [0.2, 0.25) is 5.78 Å². The predicted octanol–water partition coefficient (Wildman–Crippen LogP) is 4.73. The van der Waals surface area contributed by atoms with E-state index in [2.05, 4.69) is 11.6 Å². The van der Waals surface area contributed by atoms with Gasteiger partial charge in [-0.1, -0.05) is 39.0 Å². The summed E-state index contributed by atoms with van der Waals surface area (Å²) in [6.45, 7) is 14.3. The van der Waals surface area contributed by atoms with Crippen molar-refractivity contribution in [1.29, 1.82) is 0 Å². The first-order valence-corrected chi connectivity index (χ1v) is 16.5. The molecule has 1 aliphatic heterocycles. The van der Waals surface area contributed by atoms with Crippen LogP contribution in [0.2, 0.25) is 0 Å². The molecular weight excluding hydrogens is 606 g/mol. The Balaban J connectivity index is 1.80. The van der Waals surface area contributed by atoms with Crippen LogP contribution >= 0.6 is 0 Å². The van der Waals surface area contributed by atoms with Gasteiger partial charge < -0.3 is 23.7 Å². The van der Waals surface area contributed by atoms with Crippen molar-refractivity contribution in [2.45, 2.75) is 103 Å². The van der Waals surface area contributed by atoms with Crippen molar-refractivity contribution < 1.29 is 47.7 Å². The number of rotatable bonds is 10. The standard InChI is InChI=1S/C36H45NO10/c1-8-11-26(39)45-29-21(5)17-36(47-22(6)38)28(29)31(46-27(40)12-9-2)35-19-43-34(7,33(36)42)30(35)24(20(3)4)14-15-25(35)44-32(41)23-13-10-16-37-18-23/h10,13-16,18,21,24-25,28-31H,3,8-9,11-12,17,19H2,1-2,4-7H3/t21-,24+,25+,28-,29-,30-,31+,34-,35-,36+/m0/s1. The highest BCUT2D eigenvalue weighted by molar-refractivity contribution is 5.98. The van der Waals surface area contributed by atoms with E-state index in [-0.39, 0.29) is 31.4 Å². The number of Topliss-reactive ketones (excluding diaryl/α,β-unsaturated/α-hetero) is 1. The second kappa shape index (κ2) is 13.0. The molecule has 10 atom stereocenters. The van der Waals surface area contributed by atoms with Crippen molar-refractivity contribution in [3.8, 4) is 0 Å². The summed E-state index contributed by atoms with van der Waals surface area (Å²) in [4.78, 5) is 72.6. The molecule has 1 saturated heterocycles.